The van der Waals surface area contributed by atoms with Crippen molar-refractivity contribution in [1.29, 1.82) is 0 Å². The van der Waals surface area contributed by atoms with Gasteiger partial charge in [0.2, 0.25) is 5.91 Å². The van der Waals surface area contributed by atoms with Gasteiger partial charge in [-0.15, -0.1) is 0 Å². The molecule has 114 valence electrons. The number of aliphatic hydroxyl groups is 1. The van der Waals surface area contributed by atoms with Crippen molar-refractivity contribution in [1.82, 2.24) is 5.32 Å². The Morgan fingerprint density at radius 2 is 1.75 bits per heavy atom. The Morgan fingerprint density at radius 1 is 1.15 bits per heavy atom. The quantitative estimate of drug-likeness (QED) is 0.700. The van der Waals surface area contributed by atoms with Gasteiger partial charge in [-0.3, -0.25) is 9.59 Å². The lowest BCUT2D eigenvalue weighted by atomic mass is 9.78. The van der Waals surface area contributed by atoms with Crippen molar-refractivity contribution in [3.05, 3.63) is 0 Å². The molecule has 2 aliphatic rings. The summed E-state index contributed by atoms with van der Waals surface area (Å²) >= 11 is 0. The van der Waals surface area contributed by atoms with Gasteiger partial charge >= 0.3 is 5.97 Å². The average Bonchev–Trinajstić information content (AvgIpc) is 2.45. The summed E-state index contributed by atoms with van der Waals surface area (Å²) in [6.45, 7) is 1.17. The molecule has 3 N–H and O–H groups in total. The van der Waals surface area contributed by atoms with Gasteiger partial charge in [0.05, 0.1) is 17.4 Å². The fraction of sp³-hybridized carbons (Fsp3) is 0.857. The third-order valence-electron chi connectivity index (χ3n) is 4.44. The molecule has 0 aromatic heterocycles. The zero-order chi connectivity index (χ0) is 14.6. The van der Waals surface area contributed by atoms with Crippen LogP contribution in [0.1, 0.15) is 38.5 Å². The molecule has 0 spiro atoms. The van der Waals surface area contributed by atoms with Crippen LogP contribution in [0.15, 0.2) is 0 Å². The standard InChI is InChI=1S/C14H23NO5/c16-12(10-3-1-2-4-11(10)13(17)18)15-9-14(19)5-7-20-8-6-14/h10-11,19H,1-9H2,(H,15,16)(H,17,18). The number of rotatable bonds is 4. The summed E-state index contributed by atoms with van der Waals surface area (Å²) in [6, 6.07) is 0. The van der Waals surface area contributed by atoms with Gasteiger partial charge in [-0.2, -0.15) is 0 Å². The van der Waals surface area contributed by atoms with Crippen molar-refractivity contribution in [2.75, 3.05) is 19.8 Å². The Kier molecular flexibility index (Phi) is 4.99. The SMILES string of the molecule is O=C(O)C1CCCCC1C(=O)NCC1(O)CCOCC1. The van der Waals surface area contributed by atoms with E-state index in [1.165, 1.54) is 0 Å². The highest BCUT2D eigenvalue weighted by Crippen LogP contribution is 2.30. The zero-order valence-electron chi connectivity index (χ0n) is 11.6. The van der Waals surface area contributed by atoms with E-state index >= 15 is 0 Å². The fourth-order valence-electron chi connectivity index (χ4n) is 3.05. The molecular weight excluding hydrogens is 262 g/mol. The van der Waals surface area contributed by atoms with E-state index in [2.05, 4.69) is 5.32 Å². The molecular formula is C14H23NO5. The summed E-state index contributed by atoms with van der Waals surface area (Å²) in [5.41, 5.74) is -0.915. The van der Waals surface area contributed by atoms with Gasteiger partial charge in [-0.1, -0.05) is 12.8 Å². The van der Waals surface area contributed by atoms with Crippen LogP contribution in [0.25, 0.3) is 0 Å². The highest BCUT2D eigenvalue weighted by molar-refractivity contribution is 5.84. The molecule has 1 aliphatic carbocycles. The molecule has 0 aromatic carbocycles. The van der Waals surface area contributed by atoms with Gasteiger partial charge in [-0.05, 0) is 12.8 Å². The lowest BCUT2D eigenvalue weighted by Crippen LogP contribution is -2.49. The van der Waals surface area contributed by atoms with Crippen molar-refractivity contribution < 1.29 is 24.5 Å². The normalized spacial score (nSPS) is 29.6. The number of carbonyl (C=O) groups is 2. The molecule has 0 bridgehead atoms. The first-order chi connectivity index (χ1) is 9.52. The molecule has 2 atom stereocenters. The number of carboxylic acid groups (broad SMARTS) is 1. The average molecular weight is 285 g/mol. The van der Waals surface area contributed by atoms with Crippen LogP contribution < -0.4 is 5.32 Å². The van der Waals surface area contributed by atoms with Gasteiger partial charge in [0, 0.05) is 32.6 Å². The second-order valence-electron chi connectivity index (χ2n) is 5.89. The van der Waals surface area contributed by atoms with E-state index in [4.69, 9.17) is 4.74 Å². The first-order valence-corrected chi connectivity index (χ1v) is 7.32. The molecule has 1 amide bonds. The summed E-state index contributed by atoms with van der Waals surface area (Å²) in [7, 11) is 0. The van der Waals surface area contributed by atoms with Gasteiger partial charge in [0.15, 0.2) is 0 Å². The first-order valence-electron chi connectivity index (χ1n) is 7.32. The summed E-state index contributed by atoms with van der Waals surface area (Å²) < 4.78 is 5.19. The molecule has 2 fully saturated rings. The second-order valence-corrected chi connectivity index (χ2v) is 5.89. The zero-order valence-corrected chi connectivity index (χ0v) is 11.6. The van der Waals surface area contributed by atoms with Crippen LogP contribution in [-0.2, 0) is 14.3 Å². The summed E-state index contributed by atoms with van der Waals surface area (Å²) in [4.78, 5) is 23.4. The fourth-order valence-corrected chi connectivity index (χ4v) is 3.05. The van der Waals surface area contributed by atoms with Crippen molar-refractivity contribution in [3.63, 3.8) is 0 Å². The molecule has 0 radical (unpaired) electrons. The van der Waals surface area contributed by atoms with Crippen LogP contribution in [0.2, 0.25) is 0 Å². The third-order valence-corrected chi connectivity index (χ3v) is 4.44. The minimum absolute atomic E-state index is 0.179. The molecule has 1 saturated heterocycles. The minimum Gasteiger partial charge on any atom is -0.481 e. The van der Waals surface area contributed by atoms with Crippen LogP contribution in [0.3, 0.4) is 0 Å². The van der Waals surface area contributed by atoms with Crippen LogP contribution in [-0.4, -0.2) is 47.4 Å². The molecule has 0 aromatic rings. The molecule has 1 heterocycles. The van der Waals surface area contributed by atoms with Crippen molar-refractivity contribution in [3.8, 4) is 0 Å². The van der Waals surface area contributed by atoms with E-state index in [1.54, 1.807) is 0 Å². The Labute approximate surface area is 118 Å². The van der Waals surface area contributed by atoms with Crippen molar-refractivity contribution in [2.24, 2.45) is 11.8 Å². The van der Waals surface area contributed by atoms with Crippen LogP contribution in [0.5, 0.6) is 0 Å². The van der Waals surface area contributed by atoms with Gasteiger partial charge in [-0.25, -0.2) is 0 Å². The Morgan fingerprint density at radius 3 is 2.35 bits per heavy atom. The predicted molar refractivity (Wildman–Crippen MR) is 71.1 cm³/mol. The summed E-state index contributed by atoms with van der Waals surface area (Å²) in [6.07, 6.45) is 3.93. The summed E-state index contributed by atoms with van der Waals surface area (Å²) in [5.74, 6) is -2.19. The molecule has 6 heteroatoms. The van der Waals surface area contributed by atoms with Crippen LogP contribution in [0.4, 0.5) is 0 Å². The number of carbonyl (C=O) groups excluding carboxylic acids is 1. The number of carboxylic acids is 1. The third kappa shape index (κ3) is 3.70. The number of amides is 1. The van der Waals surface area contributed by atoms with E-state index < -0.39 is 23.4 Å². The lowest BCUT2D eigenvalue weighted by molar-refractivity contribution is -0.149. The maximum Gasteiger partial charge on any atom is 0.307 e. The van der Waals surface area contributed by atoms with Crippen molar-refractivity contribution >= 4 is 11.9 Å². The maximum absolute atomic E-state index is 12.2. The molecule has 2 unspecified atom stereocenters. The van der Waals surface area contributed by atoms with E-state index in [1.807, 2.05) is 0 Å². The topological polar surface area (TPSA) is 95.9 Å². The lowest BCUT2D eigenvalue weighted by Gasteiger charge is -2.33. The number of hydrogen-bond donors (Lipinski definition) is 3. The highest BCUT2D eigenvalue weighted by atomic mass is 16.5. The molecule has 6 nitrogen and oxygen atoms in total. The first kappa shape index (κ1) is 15.3. The molecule has 2 rings (SSSR count). The van der Waals surface area contributed by atoms with E-state index in [0.29, 0.717) is 38.9 Å². The number of ether oxygens (including phenoxy) is 1. The van der Waals surface area contributed by atoms with E-state index in [-0.39, 0.29) is 12.5 Å². The van der Waals surface area contributed by atoms with E-state index in [0.717, 1.165) is 12.8 Å². The smallest absolute Gasteiger partial charge is 0.307 e. The molecule has 1 saturated carbocycles. The number of nitrogens with one attached hydrogen (secondary N) is 1. The summed E-state index contributed by atoms with van der Waals surface area (Å²) in [5, 5.41) is 22.2. The van der Waals surface area contributed by atoms with Crippen LogP contribution in [0, 0.1) is 11.8 Å². The predicted octanol–water partition coefficient (Wildman–Crippen LogP) is 0.535. The second kappa shape index (κ2) is 6.54. The van der Waals surface area contributed by atoms with Gasteiger partial charge in [0.25, 0.3) is 0 Å². The molecule has 20 heavy (non-hydrogen) atoms. The Balaban J connectivity index is 1.88. The monoisotopic (exact) mass is 285 g/mol. The van der Waals surface area contributed by atoms with Crippen molar-refractivity contribution in [2.45, 2.75) is 44.1 Å². The Bertz CT molecular complexity index is 365. The molecule has 1 aliphatic heterocycles. The van der Waals surface area contributed by atoms with Crippen LogP contribution >= 0.6 is 0 Å². The minimum atomic E-state index is -0.915. The number of hydrogen-bond acceptors (Lipinski definition) is 4. The van der Waals surface area contributed by atoms with Gasteiger partial charge in [0.1, 0.15) is 0 Å². The number of aliphatic carboxylic acids is 1. The van der Waals surface area contributed by atoms with E-state index in [9.17, 15) is 19.8 Å². The van der Waals surface area contributed by atoms with Gasteiger partial charge < -0.3 is 20.3 Å². The maximum atomic E-state index is 12.2. The largest absolute Gasteiger partial charge is 0.481 e. The Hall–Kier alpha value is -1.14. The highest BCUT2D eigenvalue weighted by Gasteiger charge is 2.37.